The molecule has 0 aliphatic heterocycles. The van der Waals surface area contributed by atoms with Crippen LogP contribution >= 0.6 is 0 Å². The maximum absolute atomic E-state index is 12.3. The van der Waals surface area contributed by atoms with Gasteiger partial charge in [-0.3, -0.25) is 4.79 Å². The first-order valence-corrected chi connectivity index (χ1v) is 9.37. The van der Waals surface area contributed by atoms with Crippen LogP contribution < -0.4 is 0 Å². The normalized spacial score (nSPS) is 17.1. The molecule has 2 nitrogen and oxygen atoms in total. The summed E-state index contributed by atoms with van der Waals surface area (Å²) in [4.78, 5) is 23.3. The lowest BCUT2D eigenvalue weighted by molar-refractivity contribution is -0.110. The number of carbonyl (C=O) groups is 2. The topological polar surface area (TPSA) is 34.1 Å². The molecule has 2 heteroatoms. The SMILES string of the molecule is CCCCCCCCCCc1ccc2c(c1)C(=O)C(C=O)CC2. The molecule has 0 saturated carbocycles. The molecule has 1 aliphatic carbocycles. The van der Waals surface area contributed by atoms with Gasteiger partial charge in [-0.25, -0.2) is 0 Å². The van der Waals surface area contributed by atoms with Crippen LogP contribution in [-0.2, 0) is 17.6 Å². The summed E-state index contributed by atoms with van der Waals surface area (Å²) in [6.07, 6.45) is 13.9. The Kier molecular flexibility index (Phi) is 7.51. The van der Waals surface area contributed by atoms with E-state index in [2.05, 4.69) is 19.1 Å². The fraction of sp³-hybridized carbons (Fsp3) is 0.619. The van der Waals surface area contributed by atoms with Crippen LogP contribution in [0.4, 0.5) is 0 Å². The molecule has 2 rings (SSSR count). The van der Waals surface area contributed by atoms with Crippen LogP contribution in [0.3, 0.4) is 0 Å². The maximum atomic E-state index is 12.3. The lowest BCUT2D eigenvalue weighted by Gasteiger charge is -2.20. The summed E-state index contributed by atoms with van der Waals surface area (Å²) < 4.78 is 0. The van der Waals surface area contributed by atoms with Gasteiger partial charge in [0.1, 0.15) is 6.29 Å². The van der Waals surface area contributed by atoms with Crippen LogP contribution in [0.25, 0.3) is 0 Å². The van der Waals surface area contributed by atoms with Crippen molar-refractivity contribution in [3.05, 3.63) is 34.9 Å². The van der Waals surface area contributed by atoms with E-state index in [1.807, 2.05) is 6.07 Å². The van der Waals surface area contributed by atoms with Gasteiger partial charge in [0.05, 0.1) is 5.92 Å². The Hall–Kier alpha value is -1.44. The summed E-state index contributed by atoms with van der Waals surface area (Å²) in [7, 11) is 0. The van der Waals surface area contributed by atoms with Crippen molar-refractivity contribution in [1.29, 1.82) is 0 Å². The van der Waals surface area contributed by atoms with Gasteiger partial charge >= 0.3 is 0 Å². The van der Waals surface area contributed by atoms with E-state index in [0.29, 0.717) is 6.42 Å². The zero-order chi connectivity index (χ0) is 16.5. The van der Waals surface area contributed by atoms with Gasteiger partial charge < -0.3 is 4.79 Å². The lowest BCUT2D eigenvalue weighted by Crippen LogP contribution is -2.23. The Morgan fingerprint density at radius 3 is 2.43 bits per heavy atom. The summed E-state index contributed by atoms with van der Waals surface area (Å²) in [6.45, 7) is 2.25. The third kappa shape index (κ3) is 5.30. The largest absolute Gasteiger partial charge is 0.303 e. The highest BCUT2D eigenvalue weighted by Gasteiger charge is 2.26. The second kappa shape index (κ2) is 9.64. The van der Waals surface area contributed by atoms with Crippen molar-refractivity contribution >= 4 is 12.1 Å². The predicted molar refractivity (Wildman–Crippen MR) is 95.0 cm³/mol. The highest BCUT2D eigenvalue weighted by Crippen LogP contribution is 2.26. The van der Waals surface area contributed by atoms with E-state index >= 15 is 0 Å². The van der Waals surface area contributed by atoms with Crippen molar-refractivity contribution < 1.29 is 9.59 Å². The molecule has 1 aromatic rings. The van der Waals surface area contributed by atoms with Crippen LogP contribution in [0.1, 0.15) is 86.2 Å². The number of aldehydes is 1. The minimum Gasteiger partial charge on any atom is -0.303 e. The molecule has 1 unspecified atom stereocenters. The first kappa shape index (κ1) is 17.9. The zero-order valence-corrected chi connectivity index (χ0v) is 14.5. The molecule has 0 bridgehead atoms. The average molecular weight is 314 g/mol. The van der Waals surface area contributed by atoms with Crippen molar-refractivity contribution in [2.45, 2.75) is 77.6 Å². The summed E-state index contributed by atoms with van der Waals surface area (Å²) in [6, 6.07) is 6.29. The van der Waals surface area contributed by atoms with Crippen LogP contribution in [0.5, 0.6) is 0 Å². The van der Waals surface area contributed by atoms with Crippen molar-refractivity contribution in [3.63, 3.8) is 0 Å². The first-order valence-electron chi connectivity index (χ1n) is 9.37. The zero-order valence-electron chi connectivity index (χ0n) is 14.5. The molecule has 23 heavy (non-hydrogen) atoms. The van der Waals surface area contributed by atoms with Crippen LogP contribution in [0.15, 0.2) is 18.2 Å². The Bertz CT molecular complexity index is 519. The fourth-order valence-electron chi connectivity index (χ4n) is 3.46. The van der Waals surface area contributed by atoms with Gasteiger partial charge in [-0.2, -0.15) is 0 Å². The second-order valence-corrected chi connectivity index (χ2v) is 6.86. The van der Waals surface area contributed by atoms with Gasteiger partial charge in [-0.05, 0) is 42.9 Å². The minimum absolute atomic E-state index is 0.0269. The number of aryl methyl sites for hydroxylation is 2. The number of carbonyl (C=O) groups excluding carboxylic acids is 2. The molecule has 0 radical (unpaired) electrons. The Labute approximate surface area is 140 Å². The van der Waals surface area contributed by atoms with Crippen molar-refractivity contribution in [3.8, 4) is 0 Å². The van der Waals surface area contributed by atoms with Crippen molar-refractivity contribution in [2.75, 3.05) is 0 Å². The van der Waals surface area contributed by atoms with Gasteiger partial charge in [-0.1, -0.05) is 64.0 Å². The van der Waals surface area contributed by atoms with Gasteiger partial charge in [-0.15, -0.1) is 0 Å². The maximum Gasteiger partial charge on any atom is 0.173 e. The monoisotopic (exact) mass is 314 g/mol. The highest BCUT2D eigenvalue weighted by atomic mass is 16.1. The lowest BCUT2D eigenvalue weighted by atomic mass is 9.82. The minimum atomic E-state index is -0.416. The molecule has 0 aromatic heterocycles. The number of rotatable bonds is 10. The van der Waals surface area contributed by atoms with Crippen LogP contribution in [0.2, 0.25) is 0 Å². The third-order valence-electron chi connectivity index (χ3n) is 4.98. The molecule has 0 N–H and O–H groups in total. The van der Waals surface area contributed by atoms with E-state index < -0.39 is 5.92 Å². The van der Waals surface area contributed by atoms with E-state index in [4.69, 9.17) is 0 Å². The summed E-state index contributed by atoms with van der Waals surface area (Å²) in [5.41, 5.74) is 3.16. The predicted octanol–water partition coefficient (Wildman–Crippen LogP) is 5.31. The molecule has 0 amide bonds. The van der Waals surface area contributed by atoms with Crippen molar-refractivity contribution in [2.24, 2.45) is 5.92 Å². The fourth-order valence-corrected chi connectivity index (χ4v) is 3.46. The first-order chi connectivity index (χ1) is 11.3. The number of benzene rings is 1. The summed E-state index contributed by atoms with van der Waals surface area (Å²) in [5, 5.41) is 0. The van der Waals surface area contributed by atoms with E-state index in [-0.39, 0.29) is 5.78 Å². The number of Topliss-reactive ketones (excluding diaryl/α,β-unsaturated/α-hetero) is 1. The van der Waals surface area contributed by atoms with Crippen molar-refractivity contribution in [1.82, 2.24) is 0 Å². The van der Waals surface area contributed by atoms with Gasteiger partial charge in [0.2, 0.25) is 0 Å². The van der Waals surface area contributed by atoms with E-state index in [0.717, 1.165) is 30.3 Å². The molecule has 1 atom stereocenters. The average Bonchev–Trinajstić information content (AvgIpc) is 2.58. The number of ketones is 1. The Balaban J connectivity index is 1.76. The molecule has 1 aromatic carbocycles. The van der Waals surface area contributed by atoms with E-state index in [1.54, 1.807) is 0 Å². The van der Waals surface area contributed by atoms with Gasteiger partial charge in [0.25, 0.3) is 0 Å². The summed E-state index contributed by atoms with van der Waals surface area (Å²) >= 11 is 0. The molecule has 0 spiro atoms. The summed E-state index contributed by atoms with van der Waals surface area (Å²) in [5.74, 6) is -0.389. The molecule has 0 saturated heterocycles. The van der Waals surface area contributed by atoms with E-state index in [1.165, 1.54) is 56.9 Å². The molecular weight excluding hydrogens is 284 g/mol. The van der Waals surface area contributed by atoms with Gasteiger partial charge in [0, 0.05) is 5.56 Å². The van der Waals surface area contributed by atoms with Gasteiger partial charge in [0.15, 0.2) is 5.78 Å². The highest BCUT2D eigenvalue weighted by molar-refractivity contribution is 6.07. The third-order valence-corrected chi connectivity index (χ3v) is 4.98. The number of unbranched alkanes of at least 4 members (excludes halogenated alkanes) is 7. The quantitative estimate of drug-likeness (QED) is 0.333. The second-order valence-electron chi connectivity index (χ2n) is 6.86. The standard InChI is InChI=1S/C21H30O2/c1-2-3-4-5-6-7-8-9-10-17-11-12-18-13-14-19(16-22)21(23)20(18)15-17/h11-12,15-16,19H,2-10,13-14H2,1H3. The molecule has 0 heterocycles. The number of hydrogen-bond donors (Lipinski definition) is 0. The Morgan fingerprint density at radius 2 is 1.74 bits per heavy atom. The number of fused-ring (bicyclic) bond motifs is 1. The van der Waals surface area contributed by atoms with Crippen LogP contribution in [0, 0.1) is 5.92 Å². The smallest absolute Gasteiger partial charge is 0.173 e. The molecule has 126 valence electrons. The van der Waals surface area contributed by atoms with Crippen LogP contribution in [-0.4, -0.2) is 12.1 Å². The molecular formula is C21H30O2. The number of hydrogen-bond acceptors (Lipinski definition) is 2. The molecule has 0 fully saturated rings. The van der Waals surface area contributed by atoms with E-state index in [9.17, 15) is 9.59 Å². The Morgan fingerprint density at radius 1 is 1.04 bits per heavy atom. The molecule has 1 aliphatic rings.